The second kappa shape index (κ2) is 8.58. The summed E-state index contributed by atoms with van der Waals surface area (Å²) in [4.78, 5) is 0. The molecule has 0 unspecified atom stereocenters. The van der Waals surface area contributed by atoms with Crippen molar-refractivity contribution in [2.45, 2.75) is 19.3 Å². The summed E-state index contributed by atoms with van der Waals surface area (Å²) in [5, 5.41) is 0. The van der Waals surface area contributed by atoms with E-state index in [9.17, 15) is 13.2 Å². The standard InChI is InChI=1S/C27H21F3/c1-18(19-5-3-2-4-6-19)15-25-26(29)16-23(17-27(25)30)22-9-7-20(8-10-22)21-11-13-24(28)14-12-21/h2-14,16-18H,15H2,1H3/t18-/m1/s1. The molecule has 0 bridgehead atoms. The summed E-state index contributed by atoms with van der Waals surface area (Å²) in [7, 11) is 0. The van der Waals surface area contributed by atoms with Gasteiger partial charge in [-0.2, -0.15) is 0 Å². The Hall–Kier alpha value is -3.33. The molecule has 0 aliphatic carbocycles. The van der Waals surface area contributed by atoms with Crippen LogP contribution in [0.15, 0.2) is 91.0 Å². The Kier molecular flexibility index (Phi) is 5.71. The molecule has 4 aromatic carbocycles. The Morgan fingerprint density at radius 3 is 1.60 bits per heavy atom. The molecule has 0 aliphatic rings. The van der Waals surface area contributed by atoms with Crippen molar-refractivity contribution in [3.05, 3.63) is 120 Å². The molecule has 0 amide bonds. The Labute approximate surface area is 174 Å². The predicted octanol–water partition coefficient (Wildman–Crippen LogP) is 7.78. The molecule has 0 radical (unpaired) electrons. The molecule has 3 heteroatoms. The molecule has 0 aliphatic heterocycles. The summed E-state index contributed by atoms with van der Waals surface area (Å²) in [5.41, 5.74) is 4.17. The molecule has 0 N–H and O–H groups in total. The van der Waals surface area contributed by atoms with E-state index in [0.717, 1.165) is 22.3 Å². The number of hydrogen-bond donors (Lipinski definition) is 0. The van der Waals surface area contributed by atoms with E-state index >= 15 is 0 Å². The molecule has 1 atom stereocenters. The van der Waals surface area contributed by atoms with Crippen LogP contribution in [-0.2, 0) is 6.42 Å². The highest BCUT2D eigenvalue weighted by Gasteiger charge is 2.16. The first-order valence-electron chi connectivity index (χ1n) is 9.90. The molecule has 150 valence electrons. The van der Waals surface area contributed by atoms with E-state index in [-0.39, 0.29) is 17.3 Å². The predicted molar refractivity (Wildman–Crippen MR) is 116 cm³/mol. The van der Waals surface area contributed by atoms with E-state index in [0.29, 0.717) is 12.0 Å². The van der Waals surface area contributed by atoms with Crippen LogP contribution >= 0.6 is 0 Å². The smallest absolute Gasteiger partial charge is 0.129 e. The zero-order chi connectivity index (χ0) is 21.1. The lowest BCUT2D eigenvalue weighted by molar-refractivity contribution is 0.544. The van der Waals surface area contributed by atoms with Gasteiger partial charge in [0.2, 0.25) is 0 Å². The van der Waals surface area contributed by atoms with Crippen LogP contribution in [0.2, 0.25) is 0 Å². The van der Waals surface area contributed by atoms with Gasteiger partial charge < -0.3 is 0 Å². The summed E-state index contributed by atoms with van der Waals surface area (Å²) >= 11 is 0. The SMILES string of the molecule is C[C@H](Cc1c(F)cc(-c2ccc(-c3ccc(F)cc3)cc2)cc1F)c1ccccc1. The summed E-state index contributed by atoms with van der Waals surface area (Å²) in [6, 6.07) is 26.1. The highest BCUT2D eigenvalue weighted by molar-refractivity contribution is 5.70. The van der Waals surface area contributed by atoms with Crippen molar-refractivity contribution in [1.29, 1.82) is 0 Å². The average Bonchev–Trinajstić information content (AvgIpc) is 2.77. The fraction of sp³-hybridized carbons (Fsp3) is 0.111. The number of benzene rings is 4. The number of hydrogen-bond acceptors (Lipinski definition) is 0. The van der Waals surface area contributed by atoms with Crippen LogP contribution in [0, 0.1) is 17.5 Å². The van der Waals surface area contributed by atoms with Gasteiger partial charge in [0.15, 0.2) is 0 Å². The first-order valence-corrected chi connectivity index (χ1v) is 9.90. The van der Waals surface area contributed by atoms with Gasteiger partial charge in [0.1, 0.15) is 17.5 Å². The summed E-state index contributed by atoms with van der Waals surface area (Å²) in [6.07, 6.45) is 0.297. The largest absolute Gasteiger partial charge is 0.207 e. The van der Waals surface area contributed by atoms with Crippen LogP contribution in [0.1, 0.15) is 24.0 Å². The van der Waals surface area contributed by atoms with E-state index in [1.54, 1.807) is 12.1 Å². The van der Waals surface area contributed by atoms with Crippen LogP contribution < -0.4 is 0 Å². The molecule has 0 saturated heterocycles. The van der Waals surface area contributed by atoms with Gasteiger partial charge >= 0.3 is 0 Å². The van der Waals surface area contributed by atoms with Gasteiger partial charge in [0, 0.05) is 5.56 Å². The number of rotatable bonds is 5. The lowest BCUT2D eigenvalue weighted by Gasteiger charge is -2.14. The lowest BCUT2D eigenvalue weighted by atomic mass is 9.92. The quantitative estimate of drug-likeness (QED) is 0.320. The molecule has 30 heavy (non-hydrogen) atoms. The molecule has 0 spiro atoms. The first kappa shape index (κ1) is 20.0. The Balaban J connectivity index is 1.57. The third kappa shape index (κ3) is 4.30. The van der Waals surface area contributed by atoms with Crippen molar-refractivity contribution in [1.82, 2.24) is 0 Å². The van der Waals surface area contributed by atoms with Gasteiger partial charge in [-0.1, -0.05) is 73.7 Å². The molecule has 0 nitrogen and oxygen atoms in total. The molecule has 0 fully saturated rings. The fourth-order valence-corrected chi connectivity index (χ4v) is 3.67. The van der Waals surface area contributed by atoms with E-state index in [4.69, 9.17) is 0 Å². The first-order chi connectivity index (χ1) is 14.5. The van der Waals surface area contributed by atoms with E-state index in [2.05, 4.69) is 0 Å². The van der Waals surface area contributed by atoms with Gasteiger partial charge in [-0.3, -0.25) is 0 Å². The maximum absolute atomic E-state index is 14.8. The van der Waals surface area contributed by atoms with Crippen molar-refractivity contribution in [3.8, 4) is 22.3 Å². The Morgan fingerprint density at radius 2 is 1.07 bits per heavy atom. The molecule has 0 heterocycles. The number of halogens is 3. The molecular weight excluding hydrogens is 381 g/mol. The maximum atomic E-state index is 14.8. The Morgan fingerprint density at radius 1 is 0.600 bits per heavy atom. The maximum Gasteiger partial charge on any atom is 0.129 e. The van der Waals surface area contributed by atoms with E-state index in [1.807, 2.05) is 61.5 Å². The van der Waals surface area contributed by atoms with Gasteiger partial charge in [0.05, 0.1) is 0 Å². The zero-order valence-electron chi connectivity index (χ0n) is 16.6. The van der Waals surface area contributed by atoms with Crippen molar-refractivity contribution in [2.24, 2.45) is 0 Å². The monoisotopic (exact) mass is 402 g/mol. The molecule has 4 aromatic rings. The second-order valence-corrected chi connectivity index (χ2v) is 7.52. The molecule has 0 saturated carbocycles. The van der Waals surface area contributed by atoms with Crippen molar-refractivity contribution < 1.29 is 13.2 Å². The van der Waals surface area contributed by atoms with Crippen molar-refractivity contribution in [2.75, 3.05) is 0 Å². The van der Waals surface area contributed by atoms with Crippen LogP contribution in [0.3, 0.4) is 0 Å². The molecule has 4 rings (SSSR count). The normalized spacial score (nSPS) is 12.0. The third-order valence-electron chi connectivity index (χ3n) is 5.42. The van der Waals surface area contributed by atoms with Crippen molar-refractivity contribution >= 4 is 0 Å². The van der Waals surface area contributed by atoms with Crippen LogP contribution in [0.25, 0.3) is 22.3 Å². The van der Waals surface area contributed by atoms with E-state index < -0.39 is 11.6 Å². The fourth-order valence-electron chi connectivity index (χ4n) is 3.67. The zero-order valence-corrected chi connectivity index (χ0v) is 16.6. The van der Waals surface area contributed by atoms with Crippen LogP contribution in [0.4, 0.5) is 13.2 Å². The van der Waals surface area contributed by atoms with Gasteiger partial charge in [0.25, 0.3) is 0 Å². The van der Waals surface area contributed by atoms with Gasteiger partial charge in [-0.15, -0.1) is 0 Å². The minimum Gasteiger partial charge on any atom is -0.207 e. The average molecular weight is 402 g/mol. The van der Waals surface area contributed by atoms with Crippen LogP contribution in [-0.4, -0.2) is 0 Å². The third-order valence-corrected chi connectivity index (χ3v) is 5.42. The summed E-state index contributed by atoms with van der Waals surface area (Å²) < 4.78 is 42.7. The topological polar surface area (TPSA) is 0 Å². The molecule has 0 aromatic heterocycles. The van der Waals surface area contributed by atoms with Gasteiger partial charge in [-0.25, -0.2) is 13.2 Å². The van der Waals surface area contributed by atoms with Crippen molar-refractivity contribution in [3.63, 3.8) is 0 Å². The van der Waals surface area contributed by atoms with Gasteiger partial charge in [-0.05, 0) is 64.4 Å². The summed E-state index contributed by atoms with van der Waals surface area (Å²) in [5.74, 6) is -1.34. The summed E-state index contributed by atoms with van der Waals surface area (Å²) in [6.45, 7) is 1.97. The van der Waals surface area contributed by atoms with E-state index in [1.165, 1.54) is 24.3 Å². The molecular formula is C27H21F3. The lowest BCUT2D eigenvalue weighted by Crippen LogP contribution is -2.04. The highest BCUT2D eigenvalue weighted by atomic mass is 19.1. The minimum absolute atomic E-state index is 0.0102. The van der Waals surface area contributed by atoms with Crippen LogP contribution in [0.5, 0.6) is 0 Å². The Bertz CT molecular complexity index is 1110. The second-order valence-electron chi connectivity index (χ2n) is 7.52. The minimum atomic E-state index is -0.532. The highest BCUT2D eigenvalue weighted by Crippen LogP contribution is 2.30.